The van der Waals surface area contributed by atoms with Crippen molar-refractivity contribution >= 4 is 33.3 Å². The second kappa shape index (κ2) is 5.72. The zero-order valence-corrected chi connectivity index (χ0v) is 11.6. The first kappa shape index (κ1) is 14.0. The molecule has 0 saturated carbocycles. The number of hydrogen-bond donors (Lipinski definition) is 2. The highest BCUT2D eigenvalue weighted by Gasteiger charge is 2.11. The van der Waals surface area contributed by atoms with E-state index in [-0.39, 0.29) is 0 Å². The van der Waals surface area contributed by atoms with Gasteiger partial charge in [0.2, 0.25) is 0 Å². The molecule has 100 valence electrons. The van der Waals surface area contributed by atoms with Crippen molar-refractivity contribution in [2.75, 3.05) is 5.32 Å². The molecule has 0 aliphatic rings. The predicted octanol–water partition coefficient (Wildman–Crippen LogP) is 3.90. The Balaban J connectivity index is 2.34. The van der Waals surface area contributed by atoms with E-state index in [1.54, 1.807) is 18.2 Å². The molecule has 2 N–H and O–H groups in total. The Morgan fingerprint density at radius 2 is 2.05 bits per heavy atom. The average Bonchev–Trinajstić information content (AvgIpc) is 2.40. The van der Waals surface area contributed by atoms with Crippen molar-refractivity contribution in [1.29, 1.82) is 5.26 Å². The number of rotatable bonds is 3. The molecule has 0 bridgehead atoms. The molecule has 0 radical (unpaired) electrons. The Morgan fingerprint density at radius 3 is 2.65 bits per heavy atom. The number of nitriles is 1. The van der Waals surface area contributed by atoms with Crippen molar-refractivity contribution in [2.24, 2.45) is 0 Å². The second-order valence-electron chi connectivity index (χ2n) is 3.93. The number of carboxylic acids is 1. The maximum atomic E-state index is 13.6. The Labute approximate surface area is 122 Å². The lowest BCUT2D eigenvalue weighted by Gasteiger charge is -2.09. The monoisotopic (exact) mass is 334 g/mol. The minimum atomic E-state index is -1.32. The van der Waals surface area contributed by atoms with Gasteiger partial charge >= 0.3 is 5.97 Å². The van der Waals surface area contributed by atoms with Crippen LogP contribution in [0.3, 0.4) is 0 Å². The van der Waals surface area contributed by atoms with Crippen LogP contribution in [0.5, 0.6) is 0 Å². The standard InChI is InChI=1S/C14H8BrFN2O2/c15-9-1-4-13(8(5-9)7-17)18-10-2-3-11(14(19)20)12(16)6-10/h1-6,18H,(H,19,20). The molecule has 2 aromatic rings. The summed E-state index contributed by atoms with van der Waals surface area (Å²) in [6.07, 6.45) is 0. The Morgan fingerprint density at radius 1 is 1.30 bits per heavy atom. The lowest BCUT2D eigenvalue weighted by atomic mass is 10.1. The number of anilines is 2. The molecular weight excluding hydrogens is 327 g/mol. The van der Waals surface area contributed by atoms with Crippen molar-refractivity contribution < 1.29 is 14.3 Å². The van der Waals surface area contributed by atoms with Gasteiger partial charge in [-0.25, -0.2) is 9.18 Å². The first-order chi connectivity index (χ1) is 9.51. The summed E-state index contributed by atoms with van der Waals surface area (Å²) >= 11 is 3.26. The number of nitrogens with one attached hydrogen (secondary N) is 1. The summed E-state index contributed by atoms with van der Waals surface area (Å²) in [4.78, 5) is 10.7. The first-order valence-corrected chi connectivity index (χ1v) is 6.30. The van der Waals surface area contributed by atoms with E-state index in [0.29, 0.717) is 16.9 Å². The fraction of sp³-hybridized carbons (Fsp3) is 0. The van der Waals surface area contributed by atoms with E-state index in [9.17, 15) is 9.18 Å². The lowest BCUT2D eigenvalue weighted by Crippen LogP contribution is -2.01. The van der Waals surface area contributed by atoms with Gasteiger partial charge in [-0.05, 0) is 36.4 Å². The van der Waals surface area contributed by atoms with Crippen LogP contribution >= 0.6 is 15.9 Å². The van der Waals surface area contributed by atoms with Crippen LogP contribution in [0.15, 0.2) is 40.9 Å². The fourth-order valence-electron chi connectivity index (χ4n) is 1.64. The number of hydrogen-bond acceptors (Lipinski definition) is 3. The number of nitrogens with zero attached hydrogens (tertiary/aromatic N) is 1. The van der Waals surface area contributed by atoms with Gasteiger partial charge in [0.15, 0.2) is 0 Å². The van der Waals surface area contributed by atoms with E-state index >= 15 is 0 Å². The fourth-order valence-corrected chi connectivity index (χ4v) is 2.00. The highest BCUT2D eigenvalue weighted by molar-refractivity contribution is 9.10. The number of carbonyl (C=O) groups is 1. The topological polar surface area (TPSA) is 73.1 Å². The third-order valence-electron chi connectivity index (χ3n) is 2.58. The molecule has 20 heavy (non-hydrogen) atoms. The largest absolute Gasteiger partial charge is 0.478 e. The van der Waals surface area contributed by atoms with Crippen molar-refractivity contribution in [1.82, 2.24) is 0 Å². The van der Waals surface area contributed by atoms with Gasteiger partial charge in [-0.3, -0.25) is 0 Å². The third-order valence-corrected chi connectivity index (χ3v) is 3.07. The summed E-state index contributed by atoms with van der Waals surface area (Å²) in [6, 6.07) is 10.8. The molecule has 0 heterocycles. The summed E-state index contributed by atoms with van der Waals surface area (Å²) in [5.74, 6) is -2.16. The van der Waals surface area contributed by atoms with Gasteiger partial charge in [-0.1, -0.05) is 15.9 Å². The smallest absolute Gasteiger partial charge is 0.338 e. The van der Waals surface area contributed by atoms with E-state index in [1.165, 1.54) is 12.1 Å². The zero-order chi connectivity index (χ0) is 14.7. The third kappa shape index (κ3) is 2.95. The molecule has 6 heteroatoms. The summed E-state index contributed by atoms with van der Waals surface area (Å²) < 4.78 is 14.3. The van der Waals surface area contributed by atoms with Crippen LogP contribution in [0, 0.1) is 17.1 Å². The van der Waals surface area contributed by atoms with Crippen LogP contribution in [-0.2, 0) is 0 Å². The average molecular weight is 335 g/mol. The number of aromatic carboxylic acids is 1. The normalized spacial score (nSPS) is 9.85. The van der Waals surface area contributed by atoms with Crippen LogP contribution < -0.4 is 5.32 Å². The summed E-state index contributed by atoms with van der Waals surface area (Å²) in [5.41, 5.74) is 0.874. The molecule has 0 aliphatic carbocycles. The Bertz CT molecular complexity index is 726. The van der Waals surface area contributed by atoms with Crippen LogP contribution in [0.1, 0.15) is 15.9 Å². The summed E-state index contributed by atoms with van der Waals surface area (Å²) in [5, 5.41) is 20.7. The van der Waals surface area contributed by atoms with E-state index < -0.39 is 17.3 Å². The molecule has 0 fully saturated rings. The summed E-state index contributed by atoms with van der Waals surface area (Å²) in [7, 11) is 0. The molecular formula is C14H8BrFN2O2. The molecule has 4 nitrogen and oxygen atoms in total. The van der Waals surface area contributed by atoms with Gasteiger partial charge < -0.3 is 10.4 Å². The minimum Gasteiger partial charge on any atom is -0.478 e. The Hall–Kier alpha value is -2.39. The van der Waals surface area contributed by atoms with Crippen LogP contribution in [0.25, 0.3) is 0 Å². The minimum absolute atomic E-state index is 0.367. The number of carboxylic acid groups (broad SMARTS) is 1. The highest BCUT2D eigenvalue weighted by Crippen LogP contribution is 2.25. The van der Waals surface area contributed by atoms with Gasteiger partial charge in [-0.2, -0.15) is 5.26 Å². The van der Waals surface area contributed by atoms with Gasteiger partial charge in [0.05, 0.1) is 16.8 Å². The Kier molecular flexibility index (Phi) is 4.01. The SMILES string of the molecule is N#Cc1cc(Br)ccc1Nc1ccc(C(=O)O)c(F)c1. The molecule has 0 amide bonds. The molecule has 0 aromatic heterocycles. The van der Waals surface area contributed by atoms with Gasteiger partial charge in [-0.15, -0.1) is 0 Å². The number of benzene rings is 2. The van der Waals surface area contributed by atoms with Crippen LogP contribution in [-0.4, -0.2) is 11.1 Å². The predicted molar refractivity (Wildman–Crippen MR) is 75.5 cm³/mol. The quantitative estimate of drug-likeness (QED) is 0.892. The molecule has 2 rings (SSSR count). The van der Waals surface area contributed by atoms with E-state index in [2.05, 4.69) is 21.2 Å². The molecule has 0 spiro atoms. The van der Waals surface area contributed by atoms with E-state index in [4.69, 9.17) is 10.4 Å². The van der Waals surface area contributed by atoms with Gasteiger partial charge in [0.25, 0.3) is 0 Å². The number of halogens is 2. The maximum absolute atomic E-state index is 13.6. The molecule has 0 unspecified atom stereocenters. The second-order valence-corrected chi connectivity index (χ2v) is 4.84. The van der Waals surface area contributed by atoms with E-state index in [0.717, 1.165) is 10.5 Å². The molecule has 0 aliphatic heterocycles. The molecule has 2 aromatic carbocycles. The molecule has 0 saturated heterocycles. The van der Waals surface area contributed by atoms with Gasteiger partial charge in [0.1, 0.15) is 11.9 Å². The maximum Gasteiger partial charge on any atom is 0.338 e. The highest BCUT2D eigenvalue weighted by atomic mass is 79.9. The molecule has 0 atom stereocenters. The van der Waals surface area contributed by atoms with Crippen molar-refractivity contribution in [3.8, 4) is 6.07 Å². The summed E-state index contributed by atoms with van der Waals surface area (Å²) in [6.45, 7) is 0. The van der Waals surface area contributed by atoms with Gasteiger partial charge in [0, 0.05) is 10.2 Å². The van der Waals surface area contributed by atoms with Crippen molar-refractivity contribution in [3.63, 3.8) is 0 Å². The van der Waals surface area contributed by atoms with Crippen LogP contribution in [0.4, 0.5) is 15.8 Å². The lowest BCUT2D eigenvalue weighted by molar-refractivity contribution is 0.0692. The van der Waals surface area contributed by atoms with Crippen molar-refractivity contribution in [2.45, 2.75) is 0 Å². The first-order valence-electron chi connectivity index (χ1n) is 5.51. The zero-order valence-electron chi connectivity index (χ0n) is 10.0. The van der Waals surface area contributed by atoms with E-state index in [1.807, 2.05) is 6.07 Å². The van der Waals surface area contributed by atoms with Crippen LogP contribution in [0.2, 0.25) is 0 Å². The van der Waals surface area contributed by atoms with Crippen molar-refractivity contribution in [3.05, 3.63) is 57.8 Å².